The fourth-order valence-electron chi connectivity index (χ4n) is 2.73. The summed E-state index contributed by atoms with van der Waals surface area (Å²) < 4.78 is 0. The summed E-state index contributed by atoms with van der Waals surface area (Å²) >= 11 is 0. The summed E-state index contributed by atoms with van der Waals surface area (Å²) in [6.07, 6.45) is 13.4. The predicted molar refractivity (Wildman–Crippen MR) is 94.8 cm³/mol. The van der Waals surface area contributed by atoms with Crippen molar-refractivity contribution < 1.29 is 10.2 Å². The van der Waals surface area contributed by atoms with Gasteiger partial charge in [-0.1, -0.05) is 49.3 Å². The third kappa shape index (κ3) is 6.50. The van der Waals surface area contributed by atoms with Gasteiger partial charge in [0.25, 0.3) is 0 Å². The zero-order chi connectivity index (χ0) is 16.8. The van der Waals surface area contributed by atoms with Crippen LogP contribution in [0.2, 0.25) is 0 Å². The van der Waals surface area contributed by atoms with Crippen LogP contribution in [0.15, 0.2) is 35.5 Å². The van der Waals surface area contributed by atoms with Crippen molar-refractivity contribution in [3.8, 4) is 0 Å². The summed E-state index contributed by atoms with van der Waals surface area (Å²) in [5, 5.41) is 21.4. The molecule has 2 nitrogen and oxygen atoms in total. The van der Waals surface area contributed by atoms with Crippen molar-refractivity contribution >= 4 is 0 Å². The maximum Gasteiger partial charge on any atom is 0.0854 e. The molecule has 0 radical (unpaired) electrons. The van der Waals surface area contributed by atoms with Gasteiger partial charge in [0.1, 0.15) is 0 Å². The fourth-order valence-corrected chi connectivity index (χ4v) is 2.73. The maximum absolute atomic E-state index is 10.9. The molecule has 1 aliphatic rings. The van der Waals surface area contributed by atoms with E-state index in [9.17, 15) is 10.2 Å². The van der Waals surface area contributed by atoms with Gasteiger partial charge in [-0.3, -0.25) is 0 Å². The van der Waals surface area contributed by atoms with Gasteiger partial charge in [-0.05, 0) is 65.2 Å². The van der Waals surface area contributed by atoms with Crippen LogP contribution in [0.4, 0.5) is 0 Å². The Bertz CT molecular complexity index is 441. The monoisotopic (exact) mass is 306 g/mol. The van der Waals surface area contributed by atoms with E-state index < -0.39 is 11.2 Å². The number of hydrogen-bond acceptors (Lipinski definition) is 2. The minimum atomic E-state index is -0.866. The van der Waals surface area contributed by atoms with Gasteiger partial charge < -0.3 is 10.2 Å². The molecule has 2 heteroatoms. The standard InChI is InChI=1S/C20H34O2/c1-16(2)20(22)13-11-18(4)9-6-8-17(3)10-7-12-19(5,21)14-15-20/h9-10,14-16,21-22H,6-8,11-13H2,1-5H3. The van der Waals surface area contributed by atoms with E-state index in [0.29, 0.717) is 12.8 Å². The van der Waals surface area contributed by atoms with Crippen molar-refractivity contribution in [1.82, 2.24) is 0 Å². The Labute approximate surface area is 136 Å². The highest BCUT2D eigenvalue weighted by Gasteiger charge is 2.29. The molecule has 126 valence electrons. The lowest BCUT2D eigenvalue weighted by molar-refractivity contribution is 0.0309. The molecule has 0 bridgehead atoms. The van der Waals surface area contributed by atoms with E-state index in [4.69, 9.17) is 0 Å². The largest absolute Gasteiger partial charge is 0.386 e. The lowest BCUT2D eigenvalue weighted by Gasteiger charge is -2.31. The molecule has 0 amide bonds. The first kappa shape index (κ1) is 19.2. The van der Waals surface area contributed by atoms with E-state index in [1.54, 1.807) is 6.08 Å². The molecule has 0 saturated carbocycles. The average molecular weight is 306 g/mol. The van der Waals surface area contributed by atoms with Crippen LogP contribution in [0, 0.1) is 5.92 Å². The number of rotatable bonds is 1. The molecule has 22 heavy (non-hydrogen) atoms. The molecule has 0 saturated heterocycles. The van der Waals surface area contributed by atoms with Gasteiger partial charge in [0, 0.05) is 0 Å². The van der Waals surface area contributed by atoms with Gasteiger partial charge in [0.2, 0.25) is 0 Å². The van der Waals surface area contributed by atoms with Gasteiger partial charge in [-0.2, -0.15) is 0 Å². The van der Waals surface area contributed by atoms with E-state index in [1.807, 2.05) is 26.8 Å². The number of hydrogen-bond donors (Lipinski definition) is 2. The summed E-state index contributed by atoms with van der Waals surface area (Å²) in [4.78, 5) is 0. The van der Waals surface area contributed by atoms with Crippen LogP contribution in [-0.2, 0) is 0 Å². The Hall–Kier alpha value is -0.860. The van der Waals surface area contributed by atoms with Crippen molar-refractivity contribution in [2.45, 2.75) is 84.3 Å². The van der Waals surface area contributed by atoms with Gasteiger partial charge in [0.05, 0.1) is 11.2 Å². The summed E-state index contributed by atoms with van der Waals surface area (Å²) in [5.41, 5.74) is 1.01. The van der Waals surface area contributed by atoms with Crippen molar-refractivity contribution in [1.29, 1.82) is 0 Å². The normalized spacial score (nSPS) is 32.4. The average Bonchev–Trinajstić information content (AvgIpc) is 2.42. The number of allylic oxidation sites excluding steroid dienone is 4. The molecular formula is C20H34O2. The highest BCUT2D eigenvalue weighted by atomic mass is 16.3. The van der Waals surface area contributed by atoms with Crippen LogP contribution >= 0.6 is 0 Å². The van der Waals surface area contributed by atoms with E-state index in [-0.39, 0.29) is 5.92 Å². The summed E-state index contributed by atoms with van der Waals surface area (Å²) in [6, 6.07) is 0. The van der Waals surface area contributed by atoms with Crippen molar-refractivity contribution in [2.75, 3.05) is 0 Å². The van der Waals surface area contributed by atoms with Gasteiger partial charge in [-0.15, -0.1) is 0 Å². The SMILES string of the molecule is CC1=CCCC(C)(O)C=CC(O)(C(C)C)CCC(C)=CCC1. The lowest BCUT2D eigenvalue weighted by Crippen LogP contribution is -2.34. The second kappa shape index (κ2) is 8.12. The van der Waals surface area contributed by atoms with Crippen LogP contribution < -0.4 is 0 Å². The summed E-state index contributed by atoms with van der Waals surface area (Å²) in [7, 11) is 0. The maximum atomic E-state index is 10.9. The van der Waals surface area contributed by atoms with Crippen molar-refractivity contribution in [2.24, 2.45) is 5.92 Å². The smallest absolute Gasteiger partial charge is 0.0854 e. The Morgan fingerprint density at radius 2 is 1.50 bits per heavy atom. The highest BCUT2D eigenvalue weighted by Crippen LogP contribution is 2.29. The highest BCUT2D eigenvalue weighted by molar-refractivity contribution is 5.12. The Morgan fingerprint density at radius 1 is 0.909 bits per heavy atom. The molecule has 2 atom stereocenters. The molecular weight excluding hydrogens is 272 g/mol. The molecule has 2 unspecified atom stereocenters. The quantitative estimate of drug-likeness (QED) is 0.674. The zero-order valence-electron chi connectivity index (χ0n) is 15.0. The molecule has 0 aromatic carbocycles. The fraction of sp³-hybridized carbons (Fsp3) is 0.700. The van der Waals surface area contributed by atoms with Gasteiger partial charge >= 0.3 is 0 Å². The Morgan fingerprint density at radius 3 is 2.14 bits per heavy atom. The molecule has 0 aliphatic heterocycles. The number of aliphatic hydroxyl groups is 2. The van der Waals surface area contributed by atoms with Crippen LogP contribution in [0.25, 0.3) is 0 Å². The predicted octanol–water partition coefficient (Wildman–Crippen LogP) is 4.93. The van der Waals surface area contributed by atoms with Crippen molar-refractivity contribution in [3.05, 3.63) is 35.5 Å². The van der Waals surface area contributed by atoms with Crippen LogP contribution in [0.5, 0.6) is 0 Å². The molecule has 2 N–H and O–H groups in total. The van der Waals surface area contributed by atoms with Crippen molar-refractivity contribution in [3.63, 3.8) is 0 Å². The minimum absolute atomic E-state index is 0.127. The second-order valence-electron chi connectivity index (χ2n) is 7.51. The molecule has 1 rings (SSSR count). The van der Waals surface area contributed by atoms with E-state index >= 15 is 0 Å². The Balaban J connectivity index is 3.00. The van der Waals surface area contributed by atoms with Crippen LogP contribution in [0.1, 0.15) is 73.1 Å². The van der Waals surface area contributed by atoms with E-state index in [0.717, 1.165) is 25.7 Å². The van der Waals surface area contributed by atoms with Gasteiger partial charge in [0.15, 0.2) is 0 Å². The molecule has 0 aromatic rings. The van der Waals surface area contributed by atoms with E-state index in [2.05, 4.69) is 26.0 Å². The molecule has 0 aromatic heterocycles. The Kier molecular flexibility index (Phi) is 7.08. The lowest BCUT2D eigenvalue weighted by atomic mass is 9.82. The third-order valence-electron chi connectivity index (χ3n) is 4.83. The van der Waals surface area contributed by atoms with Gasteiger partial charge in [-0.25, -0.2) is 0 Å². The third-order valence-corrected chi connectivity index (χ3v) is 4.83. The van der Waals surface area contributed by atoms with Crippen LogP contribution in [-0.4, -0.2) is 21.4 Å². The first-order valence-electron chi connectivity index (χ1n) is 8.61. The second-order valence-corrected chi connectivity index (χ2v) is 7.51. The summed E-state index contributed by atoms with van der Waals surface area (Å²) in [6.45, 7) is 10.2. The van der Waals surface area contributed by atoms with E-state index in [1.165, 1.54) is 11.1 Å². The summed E-state index contributed by atoms with van der Waals surface area (Å²) in [5.74, 6) is 0.127. The molecule has 1 aliphatic carbocycles. The first-order chi connectivity index (χ1) is 10.1. The molecule has 0 fully saturated rings. The molecule has 0 heterocycles. The topological polar surface area (TPSA) is 40.5 Å². The zero-order valence-corrected chi connectivity index (χ0v) is 15.0. The molecule has 0 spiro atoms. The first-order valence-corrected chi connectivity index (χ1v) is 8.61. The van der Waals surface area contributed by atoms with Crippen LogP contribution in [0.3, 0.4) is 0 Å². The minimum Gasteiger partial charge on any atom is -0.386 e.